The number of hydrogen-bond acceptors (Lipinski definition) is 1. The normalized spacial score (nSPS) is 14.8. The van der Waals surface area contributed by atoms with E-state index in [-0.39, 0.29) is 16.9 Å². The van der Waals surface area contributed by atoms with E-state index in [0.717, 1.165) is 12.5 Å². The van der Waals surface area contributed by atoms with E-state index in [1.54, 1.807) is 12.1 Å². The number of benzene rings is 2. The highest BCUT2D eigenvalue weighted by atomic mass is 19.4. The lowest BCUT2D eigenvalue weighted by Crippen LogP contribution is -2.40. The van der Waals surface area contributed by atoms with Gasteiger partial charge in [0.2, 0.25) is 0 Å². The molecular formula is C16H15F3O. The molecule has 0 aliphatic heterocycles. The molecule has 20 heavy (non-hydrogen) atoms. The number of halogens is 3. The molecule has 0 saturated heterocycles. The molecule has 0 aliphatic carbocycles. The predicted molar refractivity (Wildman–Crippen MR) is 71.8 cm³/mol. The largest absolute Gasteiger partial charge is 0.508 e. The summed E-state index contributed by atoms with van der Waals surface area (Å²) in [6, 6.07) is 11.5. The lowest BCUT2D eigenvalue weighted by Gasteiger charge is -2.33. The molecule has 0 aliphatic rings. The maximum Gasteiger partial charge on any atom is 0.402 e. The van der Waals surface area contributed by atoms with Gasteiger partial charge in [0.1, 0.15) is 11.2 Å². The van der Waals surface area contributed by atoms with E-state index >= 15 is 0 Å². The second kappa shape index (κ2) is 4.85. The first-order valence-corrected chi connectivity index (χ1v) is 6.18. The van der Waals surface area contributed by atoms with Crippen LogP contribution in [0.1, 0.15) is 23.6 Å². The zero-order valence-corrected chi connectivity index (χ0v) is 11.2. The maximum atomic E-state index is 13.6. The van der Waals surface area contributed by atoms with Crippen LogP contribution in [0.25, 0.3) is 0 Å². The van der Waals surface area contributed by atoms with Crippen molar-refractivity contribution in [2.45, 2.75) is 25.4 Å². The van der Waals surface area contributed by atoms with Crippen molar-refractivity contribution in [3.8, 4) is 5.75 Å². The SMILES string of the molecule is Cc1ccc(C(C)(c2ccc(O)cc2)C(F)(F)F)cc1. The van der Waals surface area contributed by atoms with E-state index in [9.17, 15) is 18.3 Å². The van der Waals surface area contributed by atoms with Crippen molar-refractivity contribution in [1.29, 1.82) is 0 Å². The van der Waals surface area contributed by atoms with E-state index in [2.05, 4.69) is 0 Å². The Hall–Kier alpha value is -1.97. The van der Waals surface area contributed by atoms with Crippen LogP contribution in [-0.4, -0.2) is 11.3 Å². The van der Waals surface area contributed by atoms with E-state index in [1.807, 2.05) is 6.92 Å². The molecule has 0 amide bonds. The van der Waals surface area contributed by atoms with Gasteiger partial charge in [-0.2, -0.15) is 13.2 Å². The van der Waals surface area contributed by atoms with Crippen LogP contribution in [0.15, 0.2) is 48.5 Å². The number of aryl methyl sites for hydroxylation is 1. The van der Waals surface area contributed by atoms with Crippen LogP contribution in [0.5, 0.6) is 5.75 Å². The first-order valence-electron chi connectivity index (χ1n) is 6.18. The van der Waals surface area contributed by atoms with Gasteiger partial charge in [0, 0.05) is 0 Å². The fraction of sp³-hybridized carbons (Fsp3) is 0.250. The molecule has 2 aromatic carbocycles. The van der Waals surface area contributed by atoms with Crippen molar-refractivity contribution >= 4 is 0 Å². The Morgan fingerprint density at radius 3 is 1.60 bits per heavy atom. The molecule has 0 fully saturated rings. The monoisotopic (exact) mass is 280 g/mol. The maximum absolute atomic E-state index is 13.6. The summed E-state index contributed by atoms with van der Waals surface area (Å²) in [4.78, 5) is 0. The first kappa shape index (κ1) is 14.4. The molecule has 1 unspecified atom stereocenters. The van der Waals surface area contributed by atoms with E-state index < -0.39 is 11.6 Å². The van der Waals surface area contributed by atoms with Gasteiger partial charge in [-0.25, -0.2) is 0 Å². The highest BCUT2D eigenvalue weighted by Crippen LogP contribution is 2.46. The zero-order chi connectivity index (χ0) is 15.0. The van der Waals surface area contributed by atoms with Crippen molar-refractivity contribution in [3.63, 3.8) is 0 Å². The minimum absolute atomic E-state index is 0.0535. The van der Waals surface area contributed by atoms with Crippen LogP contribution < -0.4 is 0 Å². The second-order valence-corrected chi connectivity index (χ2v) is 5.04. The molecule has 106 valence electrons. The van der Waals surface area contributed by atoms with Crippen molar-refractivity contribution in [3.05, 3.63) is 65.2 Å². The Kier molecular flexibility index (Phi) is 3.50. The molecule has 1 atom stereocenters. The number of alkyl halides is 3. The number of phenols is 1. The summed E-state index contributed by atoms with van der Waals surface area (Å²) in [5.74, 6) is -0.0535. The summed E-state index contributed by atoms with van der Waals surface area (Å²) in [5, 5.41) is 9.25. The summed E-state index contributed by atoms with van der Waals surface area (Å²) in [6.07, 6.45) is -4.43. The topological polar surface area (TPSA) is 20.2 Å². The van der Waals surface area contributed by atoms with Gasteiger partial charge in [-0.15, -0.1) is 0 Å². The Bertz CT molecular complexity index is 537. The van der Waals surface area contributed by atoms with E-state index in [0.29, 0.717) is 0 Å². The third-order valence-electron chi connectivity index (χ3n) is 3.64. The summed E-state index contributed by atoms with van der Waals surface area (Å²) >= 11 is 0. The van der Waals surface area contributed by atoms with Crippen LogP contribution in [0.2, 0.25) is 0 Å². The molecule has 4 heteroatoms. The minimum Gasteiger partial charge on any atom is -0.508 e. The van der Waals surface area contributed by atoms with E-state index in [4.69, 9.17) is 0 Å². The van der Waals surface area contributed by atoms with Crippen molar-refractivity contribution in [2.24, 2.45) is 0 Å². The first-order chi connectivity index (χ1) is 9.25. The Morgan fingerprint density at radius 2 is 1.20 bits per heavy atom. The zero-order valence-electron chi connectivity index (χ0n) is 11.2. The van der Waals surface area contributed by atoms with Crippen LogP contribution in [-0.2, 0) is 5.41 Å². The van der Waals surface area contributed by atoms with Gasteiger partial charge in [0.15, 0.2) is 0 Å². The summed E-state index contributed by atoms with van der Waals surface area (Å²) in [5.41, 5.74) is -0.911. The van der Waals surface area contributed by atoms with Gasteiger partial charge in [-0.05, 0) is 37.1 Å². The smallest absolute Gasteiger partial charge is 0.402 e. The summed E-state index contributed by atoms with van der Waals surface area (Å²) in [6.45, 7) is 2.99. The summed E-state index contributed by atoms with van der Waals surface area (Å²) < 4.78 is 40.8. The van der Waals surface area contributed by atoms with Gasteiger partial charge >= 0.3 is 6.18 Å². The van der Waals surface area contributed by atoms with Crippen molar-refractivity contribution in [2.75, 3.05) is 0 Å². The number of aromatic hydroxyl groups is 1. The van der Waals surface area contributed by atoms with Gasteiger partial charge < -0.3 is 5.11 Å². The Balaban J connectivity index is 2.62. The van der Waals surface area contributed by atoms with Crippen molar-refractivity contribution in [1.82, 2.24) is 0 Å². The van der Waals surface area contributed by atoms with Gasteiger partial charge in [-0.1, -0.05) is 42.0 Å². The van der Waals surface area contributed by atoms with Gasteiger partial charge in [0.25, 0.3) is 0 Å². The van der Waals surface area contributed by atoms with Crippen LogP contribution in [0.4, 0.5) is 13.2 Å². The van der Waals surface area contributed by atoms with Gasteiger partial charge in [0.05, 0.1) is 0 Å². The molecule has 2 aromatic rings. The third-order valence-corrected chi connectivity index (χ3v) is 3.64. The van der Waals surface area contributed by atoms with Crippen LogP contribution >= 0.6 is 0 Å². The molecule has 0 radical (unpaired) electrons. The van der Waals surface area contributed by atoms with Crippen LogP contribution in [0, 0.1) is 6.92 Å². The van der Waals surface area contributed by atoms with Gasteiger partial charge in [-0.3, -0.25) is 0 Å². The standard InChI is InChI=1S/C16H15F3O/c1-11-3-5-12(6-4-11)15(2,16(17,18)19)13-7-9-14(20)10-8-13/h3-10,20H,1-2H3. The summed E-state index contributed by atoms with van der Waals surface area (Å²) in [7, 11) is 0. The van der Waals surface area contributed by atoms with E-state index in [1.165, 1.54) is 36.4 Å². The molecule has 0 heterocycles. The van der Waals surface area contributed by atoms with Crippen molar-refractivity contribution < 1.29 is 18.3 Å². The average molecular weight is 280 g/mol. The van der Waals surface area contributed by atoms with Crippen LogP contribution in [0.3, 0.4) is 0 Å². The fourth-order valence-corrected chi connectivity index (χ4v) is 2.18. The molecule has 0 spiro atoms. The Morgan fingerprint density at radius 1 is 0.800 bits per heavy atom. The molecule has 0 aromatic heterocycles. The highest BCUT2D eigenvalue weighted by molar-refractivity contribution is 5.43. The molecule has 1 N–H and O–H groups in total. The molecule has 2 rings (SSSR count). The highest BCUT2D eigenvalue weighted by Gasteiger charge is 2.53. The predicted octanol–water partition coefficient (Wildman–Crippen LogP) is 4.57. The number of phenolic OH excluding ortho intramolecular Hbond substituents is 1. The quantitative estimate of drug-likeness (QED) is 0.854. The molecule has 0 bridgehead atoms. The lowest BCUT2D eigenvalue weighted by molar-refractivity contribution is -0.173. The molecular weight excluding hydrogens is 265 g/mol. The third kappa shape index (κ3) is 2.38. The molecule has 0 saturated carbocycles. The second-order valence-electron chi connectivity index (χ2n) is 5.04. The number of rotatable bonds is 2. The average Bonchev–Trinajstić information content (AvgIpc) is 2.38. The number of hydrogen-bond donors (Lipinski definition) is 1. The lowest BCUT2D eigenvalue weighted by atomic mass is 9.75. The molecule has 1 nitrogen and oxygen atoms in total. The fourth-order valence-electron chi connectivity index (χ4n) is 2.18. The minimum atomic E-state index is -4.43. The Labute approximate surface area is 115 Å².